The summed E-state index contributed by atoms with van der Waals surface area (Å²) in [5.74, 6) is 0. The standard InChI is InChI=1S/2C9H3F9/c2*10-7(11,12)4-1-5(8(13,14)15)3-6(2-4)9(16,17)18/h2*1-3H. The molecule has 0 aliphatic carbocycles. The summed E-state index contributed by atoms with van der Waals surface area (Å²) in [7, 11) is 0. The van der Waals surface area contributed by atoms with Crippen molar-refractivity contribution in [2.45, 2.75) is 37.1 Å². The molecule has 0 saturated carbocycles. The van der Waals surface area contributed by atoms with Crippen molar-refractivity contribution in [3.05, 3.63) is 69.8 Å². The van der Waals surface area contributed by atoms with Crippen molar-refractivity contribution >= 4 is 0 Å². The zero-order valence-electron chi connectivity index (χ0n) is 16.3. The molecule has 0 aliphatic rings. The third kappa shape index (κ3) is 8.69. The topological polar surface area (TPSA) is 0 Å². The van der Waals surface area contributed by atoms with E-state index in [1.807, 2.05) is 0 Å². The fraction of sp³-hybridized carbons (Fsp3) is 0.333. The summed E-state index contributed by atoms with van der Waals surface area (Å²) in [5.41, 5.74) is -12.0. The number of rotatable bonds is 0. The predicted molar refractivity (Wildman–Crippen MR) is 82.9 cm³/mol. The van der Waals surface area contributed by atoms with Gasteiger partial charge in [0.05, 0.1) is 33.4 Å². The van der Waals surface area contributed by atoms with E-state index in [1.165, 1.54) is 0 Å². The van der Waals surface area contributed by atoms with E-state index in [4.69, 9.17) is 0 Å². The van der Waals surface area contributed by atoms with Crippen molar-refractivity contribution in [1.29, 1.82) is 0 Å². The predicted octanol–water partition coefficient (Wildman–Crippen LogP) is 9.49. The number of benzene rings is 2. The Morgan fingerprint density at radius 2 is 0.306 bits per heavy atom. The van der Waals surface area contributed by atoms with Gasteiger partial charge in [0.15, 0.2) is 0 Å². The maximum absolute atomic E-state index is 12.2. The lowest BCUT2D eigenvalue weighted by Crippen LogP contribution is -2.15. The van der Waals surface area contributed by atoms with Crippen LogP contribution >= 0.6 is 0 Å². The molecule has 0 N–H and O–H groups in total. The van der Waals surface area contributed by atoms with Crippen LogP contribution in [-0.4, -0.2) is 0 Å². The Morgan fingerprint density at radius 3 is 0.361 bits per heavy atom. The molecule has 0 fully saturated rings. The van der Waals surface area contributed by atoms with E-state index in [0.717, 1.165) is 0 Å². The van der Waals surface area contributed by atoms with Crippen molar-refractivity contribution in [2.75, 3.05) is 0 Å². The summed E-state index contributed by atoms with van der Waals surface area (Å²) >= 11 is 0. The van der Waals surface area contributed by atoms with Gasteiger partial charge in [-0.15, -0.1) is 0 Å². The highest BCUT2D eigenvalue weighted by Gasteiger charge is 2.42. The van der Waals surface area contributed by atoms with Crippen LogP contribution in [0.25, 0.3) is 0 Å². The van der Waals surface area contributed by atoms with Gasteiger partial charge in [0, 0.05) is 0 Å². The van der Waals surface area contributed by atoms with Gasteiger partial charge in [0.1, 0.15) is 0 Å². The van der Waals surface area contributed by atoms with E-state index < -0.39 is 70.4 Å². The van der Waals surface area contributed by atoms with Gasteiger partial charge >= 0.3 is 37.1 Å². The Hall–Kier alpha value is -2.82. The van der Waals surface area contributed by atoms with Gasteiger partial charge in [-0.05, 0) is 36.4 Å². The molecule has 0 aliphatic heterocycles. The van der Waals surface area contributed by atoms with Crippen LogP contribution in [0.4, 0.5) is 79.0 Å². The number of halogens is 18. The second kappa shape index (κ2) is 9.57. The quantitative estimate of drug-likeness (QED) is 0.280. The normalized spacial score (nSPS) is 13.8. The summed E-state index contributed by atoms with van der Waals surface area (Å²) in [4.78, 5) is 0. The maximum atomic E-state index is 12.2. The Kier molecular flexibility index (Phi) is 8.30. The number of alkyl halides is 18. The number of hydrogen-bond donors (Lipinski definition) is 0. The Morgan fingerprint density at radius 1 is 0.222 bits per heavy atom. The molecule has 0 atom stereocenters. The molecule has 0 radical (unpaired) electrons. The highest BCUT2D eigenvalue weighted by Crippen LogP contribution is 2.41. The first-order valence-electron chi connectivity index (χ1n) is 8.37. The van der Waals surface area contributed by atoms with Crippen LogP contribution < -0.4 is 0 Å². The average molecular weight is 564 g/mol. The summed E-state index contributed by atoms with van der Waals surface area (Å²) in [6.07, 6.45) is -31.7. The van der Waals surface area contributed by atoms with E-state index in [1.54, 1.807) is 0 Å². The molecule has 0 saturated heterocycles. The van der Waals surface area contributed by atoms with Gasteiger partial charge in [0.25, 0.3) is 0 Å². The molecule has 18 heteroatoms. The Bertz CT molecular complexity index is 797. The maximum Gasteiger partial charge on any atom is 0.416 e. The molecule has 0 nitrogen and oxygen atoms in total. The van der Waals surface area contributed by atoms with Crippen LogP contribution in [0.2, 0.25) is 0 Å². The highest BCUT2D eigenvalue weighted by atomic mass is 19.4. The minimum Gasteiger partial charge on any atom is -0.166 e. The first kappa shape index (κ1) is 31.2. The van der Waals surface area contributed by atoms with Gasteiger partial charge in [-0.1, -0.05) is 0 Å². The van der Waals surface area contributed by atoms with E-state index in [-0.39, 0.29) is 36.4 Å². The monoisotopic (exact) mass is 564 g/mol. The fourth-order valence-corrected chi connectivity index (χ4v) is 2.24. The van der Waals surface area contributed by atoms with Gasteiger partial charge in [-0.25, -0.2) is 0 Å². The van der Waals surface area contributed by atoms with Crippen LogP contribution in [0.5, 0.6) is 0 Å². The third-order valence-corrected chi connectivity index (χ3v) is 3.83. The summed E-state index contributed by atoms with van der Waals surface area (Å²) in [5, 5.41) is 0. The van der Waals surface area contributed by atoms with Crippen molar-refractivity contribution in [3.63, 3.8) is 0 Å². The van der Waals surface area contributed by atoms with E-state index >= 15 is 0 Å². The molecule has 0 heterocycles. The van der Waals surface area contributed by atoms with Gasteiger partial charge in [0.2, 0.25) is 0 Å². The van der Waals surface area contributed by atoms with Crippen LogP contribution in [0, 0.1) is 0 Å². The number of hydrogen-bond acceptors (Lipinski definition) is 0. The molecule has 2 aromatic carbocycles. The molecular weight excluding hydrogens is 558 g/mol. The van der Waals surface area contributed by atoms with E-state index in [9.17, 15) is 79.0 Å². The zero-order valence-corrected chi connectivity index (χ0v) is 16.3. The Balaban J connectivity index is 0.000000360. The van der Waals surface area contributed by atoms with Crippen LogP contribution in [-0.2, 0) is 37.1 Å². The molecule has 2 aromatic rings. The van der Waals surface area contributed by atoms with Crippen molar-refractivity contribution in [1.82, 2.24) is 0 Å². The highest BCUT2D eigenvalue weighted by molar-refractivity contribution is 5.36. The van der Waals surface area contributed by atoms with Crippen molar-refractivity contribution < 1.29 is 79.0 Å². The lowest BCUT2D eigenvalue weighted by atomic mass is 10.0. The van der Waals surface area contributed by atoms with Crippen LogP contribution in [0.3, 0.4) is 0 Å². The van der Waals surface area contributed by atoms with Crippen molar-refractivity contribution in [3.8, 4) is 0 Å². The summed E-state index contributed by atoms with van der Waals surface area (Å²) in [6.45, 7) is 0. The molecule has 0 bridgehead atoms. The molecule has 36 heavy (non-hydrogen) atoms. The summed E-state index contributed by atoms with van der Waals surface area (Å²) in [6, 6.07) is -2.20. The van der Waals surface area contributed by atoms with Crippen LogP contribution in [0.1, 0.15) is 33.4 Å². The molecule has 0 aromatic heterocycles. The minimum atomic E-state index is -5.29. The lowest BCUT2D eigenvalue weighted by molar-refractivity contribution is -0.150. The van der Waals surface area contributed by atoms with E-state index in [2.05, 4.69) is 0 Å². The van der Waals surface area contributed by atoms with Gasteiger partial charge in [-0.3, -0.25) is 0 Å². The Labute approximate surface area is 187 Å². The third-order valence-electron chi connectivity index (χ3n) is 3.83. The van der Waals surface area contributed by atoms with Crippen LogP contribution in [0.15, 0.2) is 36.4 Å². The minimum absolute atomic E-state index is 0.366. The molecule has 0 amide bonds. The van der Waals surface area contributed by atoms with E-state index in [0.29, 0.717) is 0 Å². The molecule has 0 spiro atoms. The SMILES string of the molecule is FC(F)(F)c1cc(C(F)(F)F)cc(C(F)(F)F)c1.FC(F)(F)c1cc(C(F)(F)F)cc(C(F)(F)F)c1. The van der Waals surface area contributed by atoms with Gasteiger partial charge in [-0.2, -0.15) is 79.0 Å². The smallest absolute Gasteiger partial charge is 0.166 e. The fourth-order valence-electron chi connectivity index (χ4n) is 2.24. The molecule has 204 valence electrons. The lowest BCUT2D eigenvalue weighted by Gasteiger charge is -2.15. The molecule has 0 unspecified atom stereocenters. The molecule has 2 rings (SSSR count). The zero-order chi connectivity index (χ0) is 28.7. The first-order valence-corrected chi connectivity index (χ1v) is 8.37. The second-order valence-electron chi connectivity index (χ2n) is 6.58. The molecular formula is C18H6F18. The van der Waals surface area contributed by atoms with Gasteiger partial charge < -0.3 is 0 Å². The summed E-state index contributed by atoms with van der Waals surface area (Å²) < 4.78 is 219. The average Bonchev–Trinajstić information content (AvgIpc) is 2.63. The largest absolute Gasteiger partial charge is 0.416 e. The second-order valence-corrected chi connectivity index (χ2v) is 6.58. The van der Waals surface area contributed by atoms with Crippen molar-refractivity contribution in [2.24, 2.45) is 0 Å². The first-order chi connectivity index (χ1) is 15.6.